The molecule has 4 aliphatic rings. The molecule has 4 bridgehead atoms. The van der Waals surface area contributed by atoms with Crippen molar-refractivity contribution in [1.82, 2.24) is 5.32 Å². The Bertz CT molecular complexity index is 943. The summed E-state index contributed by atoms with van der Waals surface area (Å²) in [6, 6.07) is 17.1. The maximum atomic E-state index is 13.3. The van der Waals surface area contributed by atoms with E-state index in [1.807, 2.05) is 42.5 Å². The quantitative estimate of drug-likeness (QED) is 0.588. The summed E-state index contributed by atoms with van der Waals surface area (Å²) in [5.74, 6) is 1.39. The van der Waals surface area contributed by atoms with Gasteiger partial charge < -0.3 is 10.6 Å². The van der Waals surface area contributed by atoms with Crippen molar-refractivity contribution in [3.05, 3.63) is 65.7 Å². The van der Waals surface area contributed by atoms with E-state index in [0.717, 1.165) is 30.5 Å². The van der Waals surface area contributed by atoms with Crippen molar-refractivity contribution < 1.29 is 9.59 Å². The van der Waals surface area contributed by atoms with Crippen LogP contribution in [0.5, 0.6) is 0 Å². The second-order valence-electron chi connectivity index (χ2n) is 9.59. The SMILES string of the molecule is O=C(NCc1ccccc1)c1ccc(NC(=O)C23C[C@@H]4C[C@H](CC(Br)(C4)C2)C3)cc1. The molecule has 2 atom stereocenters. The first-order valence-corrected chi connectivity index (χ1v) is 11.7. The third-order valence-corrected chi connectivity index (χ3v) is 8.10. The van der Waals surface area contributed by atoms with Crippen LogP contribution in [0.1, 0.15) is 54.4 Å². The molecule has 4 saturated carbocycles. The number of amides is 2. The van der Waals surface area contributed by atoms with Crippen molar-refractivity contribution in [3.63, 3.8) is 0 Å². The number of hydrogen-bond acceptors (Lipinski definition) is 2. The van der Waals surface area contributed by atoms with E-state index in [-0.39, 0.29) is 21.6 Å². The molecule has 5 heteroatoms. The van der Waals surface area contributed by atoms with Crippen LogP contribution < -0.4 is 10.6 Å². The molecule has 4 fully saturated rings. The van der Waals surface area contributed by atoms with Gasteiger partial charge in [-0.1, -0.05) is 46.3 Å². The van der Waals surface area contributed by atoms with Crippen LogP contribution in [0.25, 0.3) is 0 Å². The van der Waals surface area contributed by atoms with Gasteiger partial charge in [-0.05, 0) is 80.2 Å². The summed E-state index contributed by atoms with van der Waals surface area (Å²) in [4.78, 5) is 25.7. The summed E-state index contributed by atoms with van der Waals surface area (Å²) in [5.41, 5.74) is 2.19. The highest BCUT2D eigenvalue weighted by Gasteiger charge is 2.59. The average Bonchev–Trinajstić information content (AvgIpc) is 2.71. The van der Waals surface area contributed by atoms with Crippen LogP contribution in [0.2, 0.25) is 0 Å². The third kappa shape index (κ3) is 3.80. The molecular weight excluding hydrogens is 440 g/mol. The lowest BCUT2D eigenvalue weighted by Gasteiger charge is -2.59. The summed E-state index contributed by atoms with van der Waals surface area (Å²) in [7, 11) is 0. The van der Waals surface area contributed by atoms with Gasteiger partial charge in [0.2, 0.25) is 5.91 Å². The monoisotopic (exact) mass is 466 g/mol. The molecule has 6 rings (SSSR count). The largest absolute Gasteiger partial charge is 0.348 e. The summed E-state index contributed by atoms with van der Waals surface area (Å²) in [6.07, 6.45) is 6.69. The first-order chi connectivity index (χ1) is 14.4. The Morgan fingerprint density at radius 2 is 1.60 bits per heavy atom. The summed E-state index contributed by atoms with van der Waals surface area (Å²) in [6.45, 7) is 0.497. The lowest BCUT2D eigenvalue weighted by atomic mass is 9.49. The summed E-state index contributed by atoms with van der Waals surface area (Å²) >= 11 is 3.98. The number of anilines is 1. The van der Waals surface area contributed by atoms with E-state index in [4.69, 9.17) is 0 Å². The molecule has 0 aromatic heterocycles. The van der Waals surface area contributed by atoms with Gasteiger partial charge in [-0.25, -0.2) is 0 Å². The molecule has 4 nitrogen and oxygen atoms in total. The summed E-state index contributed by atoms with van der Waals surface area (Å²) < 4.78 is 0.162. The van der Waals surface area contributed by atoms with Gasteiger partial charge in [0.1, 0.15) is 0 Å². The molecule has 2 amide bonds. The van der Waals surface area contributed by atoms with Crippen molar-refractivity contribution in [2.24, 2.45) is 17.3 Å². The van der Waals surface area contributed by atoms with Gasteiger partial charge in [-0.2, -0.15) is 0 Å². The zero-order chi connectivity index (χ0) is 20.8. The number of alkyl halides is 1. The van der Waals surface area contributed by atoms with Gasteiger partial charge in [0, 0.05) is 22.1 Å². The second-order valence-corrected chi connectivity index (χ2v) is 11.3. The minimum Gasteiger partial charge on any atom is -0.348 e. The second kappa shape index (κ2) is 7.52. The minimum absolute atomic E-state index is 0.112. The van der Waals surface area contributed by atoms with E-state index < -0.39 is 0 Å². The van der Waals surface area contributed by atoms with Gasteiger partial charge in [-0.3, -0.25) is 9.59 Å². The van der Waals surface area contributed by atoms with Crippen LogP contribution in [0.15, 0.2) is 54.6 Å². The Hall–Kier alpha value is -2.14. The fraction of sp³-hybridized carbons (Fsp3) is 0.440. The normalized spacial score (nSPS) is 31.4. The maximum Gasteiger partial charge on any atom is 0.251 e. The van der Waals surface area contributed by atoms with E-state index in [0.29, 0.717) is 23.9 Å². The molecular formula is C25H27BrN2O2. The van der Waals surface area contributed by atoms with E-state index in [1.54, 1.807) is 12.1 Å². The Kier molecular flexibility index (Phi) is 4.97. The smallest absolute Gasteiger partial charge is 0.251 e. The Balaban J connectivity index is 1.22. The molecule has 2 aromatic carbocycles. The maximum absolute atomic E-state index is 13.3. The third-order valence-electron chi connectivity index (χ3n) is 7.17. The van der Waals surface area contributed by atoms with Gasteiger partial charge in [0.25, 0.3) is 5.91 Å². The van der Waals surface area contributed by atoms with Gasteiger partial charge in [0.15, 0.2) is 0 Å². The fourth-order valence-corrected chi connectivity index (χ4v) is 7.72. The van der Waals surface area contributed by atoms with Crippen molar-refractivity contribution in [2.75, 3.05) is 5.32 Å². The highest BCUT2D eigenvalue weighted by molar-refractivity contribution is 9.10. The number of nitrogens with one attached hydrogen (secondary N) is 2. The molecule has 0 aliphatic heterocycles. The molecule has 2 N–H and O–H groups in total. The van der Waals surface area contributed by atoms with Crippen molar-refractivity contribution in [2.45, 2.75) is 49.4 Å². The average molecular weight is 467 g/mol. The Labute approximate surface area is 186 Å². The van der Waals surface area contributed by atoms with E-state index in [2.05, 4.69) is 26.6 Å². The lowest BCUT2D eigenvalue weighted by Crippen LogP contribution is -2.57. The first-order valence-electron chi connectivity index (χ1n) is 10.9. The zero-order valence-corrected chi connectivity index (χ0v) is 18.6. The predicted octanol–water partition coefficient (Wildman–Crippen LogP) is 5.29. The lowest BCUT2D eigenvalue weighted by molar-refractivity contribution is -0.138. The van der Waals surface area contributed by atoms with Crippen molar-refractivity contribution in [1.29, 1.82) is 0 Å². The molecule has 0 saturated heterocycles. The highest BCUT2D eigenvalue weighted by atomic mass is 79.9. The number of carbonyl (C=O) groups excluding carboxylic acids is 2. The Morgan fingerprint density at radius 1 is 0.933 bits per heavy atom. The number of benzene rings is 2. The van der Waals surface area contributed by atoms with Crippen molar-refractivity contribution >= 4 is 33.4 Å². The van der Waals surface area contributed by atoms with Crippen molar-refractivity contribution in [3.8, 4) is 0 Å². The summed E-state index contributed by atoms with van der Waals surface area (Å²) in [5, 5.41) is 6.09. The number of halogens is 1. The van der Waals surface area contributed by atoms with Crippen LogP contribution in [-0.4, -0.2) is 16.1 Å². The molecule has 4 aliphatic carbocycles. The first kappa shape index (κ1) is 19.8. The van der Waals surface area contributed by atoms with E-state index in [1.165, 1.54) is 19.3 Å². The molecule has 0 unspecified atom stereocenters. The van der Waals surface area contributed by atoms with Crippen LogP contribution in [0.3, 0.4) is 0 Å². The van der Waals surface area contributed by atoms with Crippen LogP contribution in [-0.2, 0) is 11.3 Å². The molecule has 0 radical (unpaired) electrons. The fourth-order valence-electron chi connectivity index (χ4n) is 6.27. The topological polar surface area (TPSA) is 58.2 Å². The van der Waals surface area contributed by atoms with E-state index >= 15 is 0 Å². The number of hydrogen-bond donors (Lipinski definition) is 2. The van der Waals surface area contributed by atoms with Crippen LogP contribution >= 0.6 is 15.9 Å². The Morgan fingerprint density at radius 3 is 2.23 bits per heavy atom. The standard InChI is InChI=1S/C25H27BrN2O2/c26-25-13-18-10-19(14-25)12-24(11-18,16-25)23(30)28-21-8-6-20(7-9-21)22(29)27-15-17-4-2-1-3-5-17/h1-9,18-19H,10-16H2,(H,27,29)(H,28,30)/t18-,19-,24?,25?/m0/s1. The zero-order valence-electron chi connectivity index (χ0n) is 17.0. The van der Waals surface area contributed by atoms with Gasteiger partial charge >= 0.3 is 0 Å². The van der Waals surface area contributed by atoms with Gasteiger partial charge in [0.05, 0.1) is 5.41 Å². The molecule has 0 heterocycles. The number of carbonyl (C=O) groups is 2. The van der Waals surface area contributed by atoms with E-state index in [9.17, 15) is 9.59 Å². The molecule has 156 valence electrons. The van der Waals surface area contributed by atoms with Crippen LogP contribution in [0.4, 0.5) is 5.69 Å². The molecule has 0 spiro atoms. The highest BCUT2D eigenvalue weighted by Crippen LogP contribution is 2.64. The molecule has 2 aromatic rings. The minimum atomic E-state index is -0.237. The van der Waals surface area contributed by atoms with Gasteiger partial charge in [-0.15, -0.1) is 0 Å². The number of rotatable bonds is 5. The predicted molar refractivity (Wildman–Crippen MR) is 121 cm³/mol. The van der Waals surface area contributed by atoms with Crippen LogP contribution in [0, 0.1) is 17.3 Å². The molecule has 30 heavy (non-hydrogen) atoms.